The molecule has 1 aromatic heterocycles. The van der Waals surface area contributed by atoms with Crippen molar-refractivity contribution in [1.82, 2.24) is 14.8 Å². The van der Waals surface area contributed by atoms with Gasteiger partial charge in [-0.15, -0.1) is 5.10 Å². The number of nitrogens with zero attached hydrogens (tertiary/aromatic N) is 3. The maximum absolute atomic E-state index is 12.5. The molecule has 0 unspecified atom stereocenters. The molecule has 2 N–H and O–H groups in total. The van der Waals surface area contributed by atoms with Crippen molar-refractivity contribution < 1.29 is 19.4 Å². The van der Waals surface area contributed by atoms with Crippen LogP contribution in [0.3, 0.4) is 0 Å². The number of nitrogens with one attached hydrogen (secondary N) is 1. The van der Waals surface area contributed by atoms with Crippen LogP contribution in [-0.4, -0.2) is 32.9 Å². The second kappa shape index (κ2) is 10.4. The second-order valence-corrected chi connectivity index (χ2v) is 7.33. The highest BCUT2D eigenvalue weighted by molar-refractivity contribution is 6.01. The Morgan fingerprint density at radius 3 is 2.39 bits per heavy atom. The Bertz CT molecular complexity index is 1180. The Balaban J connectivity index is 1.30. The monoisotopic (exact) mass is 444 g/mol. The van der Waals surface area contributed by atoms with Gasteiger partial charge in [-0.05, 0) is 47.5 Å². The topological polar surface area (TPSA) is 98.5 Å². The van der Waals surface area contributed by atoms with Crippen LogP contribution in [-0.2, 0) is 13.2 Å². The number of methoxy groups -OCH3 is 1. The SMILES string of the molecule is COc1ccc([C@H](O)Cn2cnc(C(=O)Nc3ccc(OCc4ccccc4)cc3)n2)cc1. The zero-order valence-electron chi connectivity index (χ0n) is 18.1. The molecule has 1 atom stereocenters. The molecule has 0 radical (unpaired) electrons. The van der Waals surface area contributed by atoms with E-state index >= 15 is 0 Å². The lowest BCUT2D eigenvalue weighted by Crippen LogP contribution is -2.15. The molecule has 0 aliphatic heterocycles. The van der Waals surface area contributed by atoms with Crippen LogP contribution >= 0.6 is 0 Å². The molecule has 168 valence electrons. The van der Waals surface area contributed by atoms with E-state index in [0.717, 1.165) is 5.56 Å². The molecule has 0 aliphatic rings. The number of amides is 1. The maximum atomic E-state index is 12.5. The van der Waals surface area contributed by atoms with E-state index in [2.05, 4.69) is 15.4 Å². The van der Waals surface area contributed by atoms with Gasteiger partial charge in [0.1, 0.15) is 24.4 Å². The predicted molar refractivity (Wildman–Crippen MR) is 123 cm³/mol. The number of hydrogen-bond acceptors (Lipinski definition) is 6. The summed E-state index contributed by atoms with van der Waals surface area (Å²) in [6, 6.07) is 24.1. The van der Waals surface area contributed by atoms with Crippen molar-refractivity contribution in [2.45, 2.75) is 19.3 Å². The zero-order chi connectivity index (χ0) is 23.0. The highest BCUT2D eigenvalue weighted by Gasteiger charge is 2.15. The molecule has 0 fully saturated rings. The average molecular weight is 444 g/mol. The number of carbonyl (C=O) groups excluding carboxylic acids is 1. The molecule has 0 spiro atoms. The van der Waals surface area contributed by atoms with Crippen LogP contribution in [0.5, 0.6) is 11.5 Å². The van der Waals surface area contributed by atoms with Crippen molar-refractivity contribution in [1.29, 1.82) is 0 Å². The first-order chi connectivity index (χ1) is 16.1. The minimum Gasteiger partial charge on any atom is -0.497 e. The second-order valence-electron chi connectivity index (χ2n) is 7.33. The molecule has 33 heavy (non-hydrogen) atoms. The Morgan fingerprint density at radius 2 is 1.70 bits per heavy atom. The Labute approximate surface area is 191 Å². The van der Waals surface area contributed by atoms with Gasteiger partial charge in [0.15, 0.2) is 0 Å². The lowest BCUT2D eigenvalue weighted by atomic mass is 10.1. The fourth-order valence-corrected chi connectivity index (χ4v) is 3.16. The van der Waals surface area contributed by atoms with Gasteiger partial charge in [-0.3, -0.25) is 4.79 Å². The lowest BCUT2D eigenvalue weighted by molar-refractivity contribution is 0.101. The van der Waals surface area contributed by atoms with Crippen LogP contribution in [0.25, 0.3) is 0 Å². The van der Waals surface area contributed by atoms with E-state index in [-0.39, 0.29) is 12.4 Å². The molecular weight excluding hydrogens is 420 g/mol. The van der Waals surface area contributed by atoms with Gasteiger partial charge >= 0.3 is 0 Å². The molecule has 0 bridgehead atoms. The summed E-state index contributed by atoms with van der Waals surface area (Å²) in [7, 11) is 1.58. The first kappa shape index (κ1) is 22.0. The number of ether oxygens (including phenoxy) is 2. The Hall–Kier alpha value is -4.17. The molecule has 0 saturated carbocycles. The number of benzene rings is 3. The van der Waals surface area contributed by atoms with Crippen molar-refractivity contribution in [2.75, 3.05) is 12.4 Å². The number of rotatable bonds is 9. The number of carbonyl (C=O) groups is 1. The quantitative estimate of drug-likeness (QED) is 0.407. The minimum absolute atomic E-state index is 0.0151. The van der Waals surface area contributed by atoms with Crippen LogP contribution in [0.2, 0.25) is 0 Å². The Morgan fingerprint density at radius 1 is 1.00 bits per heavy atom. The van der Waals surface area contributed by atoms with Gasteiger partial charge < -0.3 is 19.9 Å². The fraction of sp³-hybridized carbons (Fsp3) is 0.160. The number of aromatic nitrogens is 3. The molecule has 4 aromatic rings. The number of aliphatic hydroxyl groups excluding tert-OH is 1. The summed E-state index contributed by atoms with van der Waals surface area (Å²) in [6.07, 6.45) is 0.624. The number of anilines is 1. The third-order valence-electron chi connectivity index (χ3n) is 4.96. The van der Waals surface area contributed by atoms with Crippen molar-refractivity contribution >= 4 is 11.6 Å². The van der Waals surface area contributed by atoms with Gasteiger partial charge in [0.2, 0.25) is 5.82 Å². The van der Waals surface area contributed by atoms with Crippen LogP contribution < -0.4 is 14.8 Å². The molecule has 3 aromatic carbocycles. The minimum atomic E-state index is -0.794. The van der Waals surface area contributed by atoms with Gasteiger partial charge in [0.05, 0.1) is 19.8 Å². The van der Waals surface area contributed by atoms with E-state index in [0.29, 0.717) is 29.4 Å². The Kier molecular flexibility index (Phi) is 6.96. The van der Waals surface area contributed by atoms with Crippen molar-refractivity contribution in [3.8, 4) is 11.5 Å². The van der Waals surface area contributed by atoms with Gasteiger partial charge in [-0.2, -0.15) is 0 Å². The van der Waals surface area contributed by atoms with E-state index in [4.69, 9.17) is 9.47 Å². The molecule has 0 saturated heterocycles. The van der Waals surface area contributed by atoms with E-state index in [1.807, 2.05) is 30.3 Å². The van der Waals surface area contributed by atoms with E-state index < -0.39 is 12.0 Å². The van der Waals surface area contributed by atoms with Crippen molar-refractivity contribution in [2.24, 2.45) is 0 Å². The van der Waals surface area contributed by atoms with E-state index in [1.165, 1.54) is 11.0 Å². The number of aliphatic hydroxyl groups is 1. The third kappa shape index (κ3) is 5.96. The lowest BCUT2D eigenvalue weighted by Gasteiger charge is -2.11. The van der Waals surface area contributed by atoms with Crippen LogP contribution in [0.1, 0.15) is 27.8 Å². The summed E-state index contributed by atoms with van der Waals surface area (Å²) in [5.41, 5.74) is 2.39. The van der Waals surface area contributed by atoms with Crippen molar-refractivity contribution in [3.05, 3.63) is 102 Å². The largest absolute Gasteiger partial charge is 0.497 e. The first-order valence-corrected chi connectivity index (χ1v) is 10.4. The molecule has 0 aliphatic carbocycles. The smallest absolute Gasteiger partial charge is 0.295 e. The van der Waals surface area contributed by atoms with E-state index in [1.54, 1.807) is 55.6 Å². The summed E-state index contributed by atoms with van der Waals surface area (Å²) in [5, 5.41) is 17.4. The first-order valence-electron chi connectivity index (χ1n) is 10.4. The number of hydrogen-bond donors (Lipinski definition) is 2. The van der Waals surface area contributed by atoms with Crippen LogP contribution in [0.4, 0.5) is 5.69 Å². The molecule has 1 heterocycles. The van der Waals surface area contributed by atoms with Gasteiger partial charge in [0, 0.05) is 5.69 Å². The normalized spacial score (nSPS) is 11.6. The molecule has 8 nitrogen and oxygen atoms in total. The van der Waals surface area contributed by atoms with E-state index in [9.17, 15) is 9.90 Å². The molecule has 1 amide bonds. The average Bonchev–Trinajstić information content (AvgIpc) is 3.33. The van der Waals surface area contributed by atoms with Gasteiger partial charge in [-0.25, -0.2) is 9.67 Å². The van der Waals surface area contributed by atoms with Gasteiger partial charge in [0.25, 0.3) is 5.91 Å². The fourth-order valence-electron chi connectivity index (χ4n) is 3.16. The highest BCUT2D eigenvalue weighted by atomic mass is 16.5. The summed E-state index contributed by atoms with van der Waals surface area (Å²) in [5.74, 6) is 0.986. The third-order valence-corrected chi connectivity index (χ3v) is 4.96. The molecule has 4 rings (SSSR count). The zero-order valence-corrected chi connectivity index (χ0v) is 18.1. The summed E-state index contributed by atoms with van der Waals surface area (Å²) >= 11 is 0. The molecular formula is C25H24N4O4. The maximum Gasteiger partial charge on any atom is 0.295 e. The summed E-state index contributed by atoms with van der Waals surface area (Å²) in [4.78, 5) is 16.5. The van der Waals surface area contributed by atoms with Crippen molar-refractivity contribution in [3.63, 3.8) is 0 Å². The summed E-state index contributed by atoms with van der Waals surface area (Å²) < 4.78 is 12.3. The standard InChI is InChI=1S/C25H24N4O4/c1-32-21-11-7-19(8-12-21)23(30)15-29-17-26-24(28-29)25(31)27-20-9-13-22(14-10-20)33-16-18-5-3-2-4-6-18/h2-14,17,23,30H,15-16H2,1H3,(H,27,31)/t23-/m1/s1. The predicted octanol–water partition coefficient (Wildman–Crippen LogP) is 3.85. The van der Waals surface area contributed by atoms with Crippen LogP contribution in [0, 0.1) is 0 Å². The summed E-state index contributed by atoms with van der Waals surface area (Å²) in [6.45, 7) is 0.635. The van der Waals surface area contributed by atoms with Gasteiger partial charge in [-0.1, -0.05) is 42.5 Å². The highest BCUT2D eigenvalue weighted by Crippen LogP contribution is 2.19. The van der Waals surface area contributed by atoms with Crippen LogP contribution in [0.15, 0.2) is 85.2 Å². The molecule has 8 heteroatoms.